The number of unbranched alkanes of at least 4 members (excludes halogenated alkanes) is 3. The third-order valence-electron chi connectivity index (χ3n) is 2.24. The summed E-state index contributed by atoms with van der Waals surface area (Å²) in [4.78, 5) is 11.2. The number of ketones is 1. The van der Waals surface area contributed by atoms with Crippen molar-refractivity contribution in [1.82, 2.24) is 5.32 Å². The van der Waals surface area contributed by atoms with Crippen molar-refractivity contribution in [1.29, 1.82) is 0 Å². The molecule has 0 saturated carbocycles. The van der Waals surface area contributed by atoms with E-state index in [1.54, 1.807) is 0 Å². The van der Waals surface area contributed by atoms with E-state index < -0.39 is 0 Å². The van der Waals surface area contributed by atoms with E-state index in [0.717, 1.165) is 19.4 Å². The predicted molar refractivity (Wildman–Crippen MR) is 68.2 cm³/mol. The maximum Gasteiger partial charge on any atom is 0.135 e. The molecule has 0 aromatic carbocycles. The number of rotatable bonds is 8. The van der Waals surface area contributed by atoms with Crippen molar-refractivity contribution in [2.24, 2.45) is 5.92 Å². The monoisotopic (exact) mass is 215 g/mol. The Bertz CT molecular complexity index is 132. The van der Waals surface area contributed by atoms with Gasteiger partial charge in [-0.3, -0.25) is 4.79 Å². The zero-order chi connectivity index (χ0) is 12.1. The fraction of sp³-hybridized carbons (Fsp3) is 0.923. The van der Waals surface area contributed by atoms with Crippen LogP contribution in [0.25, 0.3) is 0 Å². The standard InChI is InChI=1S/C11H23NO.C2H6/c1-10(2)11(13)8-6-4-5-7-9-12-3;1-2/h10,12H,4-9H2,1-3H3;1-2H3. The molecule has 0 radical (unpaired) electrons. The van der Waals surface area contributed by atoms with E-state index in [1.165, 1.54) is 19.3 Å². The van der Waals surface area contributed by atoms with Gasteiger partial charge in [0.05, 0.1) is 0 Å². The van der Waals surface area contributed by atoms with Gasteiger partial charge in [0.1, 0.15) is 5.78 Å². The van der Waals surface area contributed by atoms with Crippen molar-refractivity contribution in [2.45, 2.75) is 59.8 Å². The van der Waals surface area contributed by atoms with E-state index >= 15 is 0 Å². The molecule has 0 aliphatic rings. The van der Waals surface area contributed by atoms with Crippen LogP contribution in [0.15, 0.2) is 0 Å². The topological polar surface area (TPSA) is 29.1 Å². The number of carbonyl (C=O) groups is 1. The maximum atomic E-state index is 11.2. The molecule has 0 spiro atoms. The first kappa shape index (κ1) is 17.0. The Kier molecular flexibility index (Phi) is 15.5. The van der Waals surface area contributed by atoms with E-state index in [4.69, 9.17) is 0 Å². The molecule has 0 heterocycles. The van der Waals surface area contributed by atoms with Crippen molar-refractivity contribution in [3.05, 3.63) is 0 Å². The Balaban J connectivity index is 0. The Morgan fingerprint density at radius 2 is 1.60 bits per heavy atom. The minimum absolute atomic E-state index is 0.220. The van der Waals surface area contributed by atoms with Crippen LogP contribution in [0, 0.1) is 5.92 Å². The molecule has 0 rings (SSSR count). The second-order valence-corrected chi connectivity index (χ2v) is 3.89. The highest BCUT2D eigenvalue weighted by Crippen LogP contribution is 2.06. The second kappa shape index (κ2) is 13.6. The summed E-state index contributed by atoms with van der Waals surface area (Å²) in [6, 6.07) is 0. The number of carbonyl (C=O) groups excluding carboxylic acids is 1. The minimum Gasteiger partial charge on any atom is -0.320 e. The third-order valence-corrected chi connectivity index (χ3v) is 2.24. The third kappa shape index (κ3) is 13.6. The largest absolute Gasteiger partial charge is 0.320 e. The smallest absolute Gasteiger partial charge is 0.135 e. The molecule has 0 aromatic heterocycles. The van der Waals surface area contributed by atoms with Gasteiger partial charge in [-0.25, -0.2) is 0 Å². The molecule has 15 heavy (non-hydrogen) atoms. The summed E-state index contributed by atoms with van der Waals surface area (Å²) >= 11 is 0. The molecular formula is C13H29NO. The summed E-state index contributed by atoms with van der Waals surface area (Å²) in [6.45, 7) is 9.05. The highest BCUT2D eigenvalue weighted by Gasteiger charge is 2.05. The quantitative estimate of drug-likeness (QED) is 0.629. The summed E-state index contributed by atoms with van der Waals surface area (Å²) in [5.41, 5.74) is 0. The van der Waals surface area contributed by atoms with E-state index in [-0.39, 0.29) is 5.92 Å². The van der Waals surface area contributed by atoms with Crippen molar-refractivity contribution < 1.29 is 4.79 Å². The van der Waals surface area contributed by atoms with E-state index in [0.29, 0.717) is 5.78 Å². The van der Waals surface area contributed by atoms with Crippen LogP contribution in [-0.4, -0.2) is 19.4 Å². The second-order valence-electron chi connectivity index (χ2n) is 3.89. The van der Waals surface area contributed by atoms with Gasteiger partial charge in [0.2, 0.25) is 0 Å². The minimum atomic E-state index is 0.220. The van der Waals surface area contributed by atoms with Gasteiger partial charge < -0.3 is 5.32 Å². The average Bonchev–Trinajstić information content (AvgIpc) is 2.25. The molecule has 0 fully saturated rings. The molecule has 0 aliphatic carbocycles. The Morgan fingerprint density at radius 1 is 1.07 bits per heavy atom. The van der Waals surface area contributed by atoms with Gasteiger partial charge in [0.15, 0.2) is 0 Å². The molecular weight excluding hydrogens is 186 g/mol. The zero-order valence-electron chi connectivity index (χ0n) is 11.2. The summed E-state index contributed by atoms with van der Waals surface area (Å²) in [5, 5.41) is 3.12. The molecule has 0 amide bonds. The summed E-state index contributed by atoms with van der Waals surface area (Å²) in [6.07, 6.45) is 5.51. The molecule has 0 aromatic rings. The van der Waals surface area contributed by atoms with Crippen molar-refractivity contribution in [2.75, 3.05) is 13.6 Å². The lowest BCUT2D eigenvalue weighted by Crippen LogP contribution is -2.08. The molecule has 0 aliphatic heterocycles. The lowest BCUT2D eigenvalue weighted by molar-refractivity contribution is -0.122. The number of nitrogens with one attached hydrogen (secondary N) is 1. The van der Waals surface area contributed by atoms with Crippen LogP contribution < -0.4 is 5.32 Å². The van der Waals surface area contributed by atoms with Gasteiger partial charge in [-0.2, -0.15) is 0 Å². The highest BCUT2D eigenvalue weighted by molar-refractivity contribution is 5.80. The van der Waals surface area contributed by atoms with Crippen LogP contribution in [0.3, 0.4) is 0 Å². The molecule has 2 heteroatoms. The summed E-state index contributed by atoms with van der Waals surface area (Å²) in [7, 11) is 1.97. The van der Waals surface area contributed by atoms with Gasteiger partial charge in [0, 0.05) is 12.3 Å². The lowest BCUT2D eigenvalue weighted by Gasteiger charge is -2.03. The Morgan fingerprint density at radius 3 is 2.07 bits per heavy atom. The Labute approximate surface area is 95.8 Å². The van der Waals surface area contributed by atoms with Crippen LogP contribution >= 0.6 is 0 Å². The molecule has 2 nitrogen and oxygen atoms in total. The zero-order valence-corrected chi connectivity index (χ0v) is 11.2. The van der Waals surface area contributed by atoms with Gasteiger partial charge >= 0.3 is 0 Å². The molecule has 1 N–H and O–H groups in total. The van der Waals surface area contributed by atoms with E-state index in [1.807, 2.05) is 34.7 Å². The average molecular weight is 215 g/mol. The first-order chi connectivity index (χ1) is 7.18. The fourth-order valence-electron chi connectivity index (χ4n) is 1.24. The summed E-state index contributed by atoms with van der Waals surface area (Å²) in [5.74, 6) is 0.630. The first-order valence-electron chi connectivity index (χ1n) is 6.35. The summed E-state index contributed by atoms with van der Waals surface area (Å²) < 4.78 is 0. The molecule has 0 bridgehead atoms. The van der Waals surface area contributed by atoms with Gasteiger partial charge in [-0.15, -0.1) is 0 Å². The van der Waals surface area contributed by atoms with Gasteiger partial charge in [-0.05, 0) is 26.4 Å². The first-order valence-corrected chi connectivity index (χ1v) is 6.35. The van der Waals surface area contributed by atoms with E-state index in [9.17, 15) is 4.79 Å². The Hall–Kier alpha value is -0.370. The van der Waals surface area contributed by atoms with E-state index in [2.05, 4.69) is 5.32 Å². The molecule has 0 saturated heterocycles. The number of hydrogen-bond donors (Lipinski definition) is 1. The van der Waals surface area contributed by atoms with Gasteiger partial charge in [0.25, 0.3) is 0 Å². The van der Waals surface area contributed by atoms with Crippen LogP contribution in [0.2, 0.25) is 0 Å². The van der Waals surface area contributed by atoms with Crippen molar-refractivity contribution >= 4 is 5.78 Å². The van der Waals surface area contributed by atoms with Gasteiger partial charge in [-0.1, -0.05) is 40.5 Å². The number of hydrogen-bond acceptors (Lipinski definition) is 2. The molecule has 0 unspecified atom stereocenters. The van der Waals surface area contributed by atoms with Crippen LogP contribution in [0.5, 0.6) is 0 Å². The highest BCUT2D eigenvalue weighted by atomic mass is 16.1. The lowest BCUT2D eigenvalue weighted by atomic mass is 10.0. The molecule has 92 valence electrons. The maximum absolute atomic E-state index is 11.2. The van der Waals surface area contributed by atoms with Crippen LogP contribution in [-0.2, 0) is 4.79 Å². The normalized spacial score (nSPS) is 9.73. The van der Waals surface area contributed by atoms with Crippen molar-refractivity contribution in [3.63, 3.8) is 0 Å². The van der Waals surface area contributed by atoms with Crippen molar-refractivity contribution in [3.8, 4) is 0 Å². The fourth-order valence-corrected chi connectivity index (χ4v) is 1.24. The molecule has 0 atom stereocenters. The predicted octanol–water partition coefficient (Wildman–Crippen LogP) is 3.41. The number of Topliss-reactive ketones (excluding diaryl/α,β-unsaturated/α-hetero) is 1. The SMILES string of the molecule is CC.CNCCCCCCC(=O)C(C)C. The van der Waals surface area contributed by atoms with Crippen LogP contribution in [0.4, 0.5) is 0 Å². The van der Waals surface area contributed by atoms with Crippen LogP contribution in [0.1, 0.15) is 59.8 Å².